The van der Waals surface area contributed by atoms with Crippen LogP contribution in [-0.2, 0) is 4.79 Å². The third-order valence-corrected chi connectivity index (χ3v) is 7.06. The van der Waals surface area contributed by atoms with Crippen molar-refractivity contribution in [2.75, 3.05) is 18.5 Å². The van der Waals surface area contributed by atoms with E-state index in [2.05, 4.69) is 15.6 Å². The summed E-state index contributed by atoms with van der Waals surface area (Å²) in [4.78, 5) is 15.5. The van der Waals surface area contributed by atoms with E-state index in [4.69, 9.17) is 11.6 Å². The minimum atomic E-state index is -0.315. The summed E-state index contributed by atoms with van der Waals surface area (Å²) >= 11 is 7.60. The molecule has 3 aromatic rings. The number of fused-ring (bicyclic) bond motifs is 1. The monoisotopic (exact) mass is 439 g/mol. The molecule has 1 amide bonds. The van der Waals surface area contributed by atoms with Crippen molar-refractivity contribution in [2.45, 2.75) is 35.7 Å². The average Bonchev–Trinajstić information content (AvgIpc) is 3.22. The van der Waals surface area contributed by atoms with Gasteiger partial charge in [0.2, 0.25) is 11.1 Å². The van der Waals surface area contributed by atoms with Crippen LogP contribution in [0.2, 0.25) is 5.02 Å². The first kappa shape index (κ1) is 19.5. The van der Waals surface area contributed by atoms with Crippen molar-refractivity contribution in [2.24, 2.45) is 0 Å². The number of hydrogen-bond acceptors (Lipinski definition) is 5. The molecule has 2 aliphatic heterocycles. The van der Waals surface area contributed by atoms with Gasteiger partial charge in [0.05, 0.1) is 6.04 Å². The minimum Gasteiger partial charge on any atom is -0.342 e. The van der Waals surface area contributed by atoms with Crippen molar-refractivity contribution in [1.82, 2.24) is 19.8 Å². The van der Waals surface area contributed by atoms with E-state index in [1.54, 1.807) is 0 Å². The predicted octanol–water partition coefficient (Wildman–Crippen LogP) is 4.37. The molecule has 0 spiro atoms. The number of likely N-dealkylation sites (tertiary alicyclic amines) is 1. The van der Waals surface area contributed by atoms with E-state index in [9.17, 15) is 4.79 Å². The Morgan fingerprint density at radius 3 is 2.47 bits per heavy atom. The fraction of sp³-hybridized carbons (Fsp3) is 0.318. The standard InChI is InChI=1S/C22H22ClN5OS/c23-17-11-9-15(10-12-17)18-19(21(29)27-13-5-2-6-14-27)30-22-25-24-20(28(22)26-18)16-7-3-1-4-8-16/h1,3-4,7-12,18-19,26H,2,5-6,13-14H2. The number of carbonyl (C=O) groups is 1. The Morgan fingerprint density at radius 1 is 1.00 bits per heavy atom. The average molecular weight is 440 g/mol. The van der Waals surface area contributed by atoms with Gasteiger partial charge in [-0.15, -0.1) is 10.2 Å². The quantitative estimate of drug-likeness (QED) is 0.656. The molecule has 0 saturated carbocycles. The van der Waals surface area contributed by atoms with Gasteiger partial charge in [-0.25, -0.2) is 4.68 Å². The lowest BCUT2D eigenvalue weighted by atomic mass is 10.0. The van der Waals surface area contributed by atoms with Gasteiger partial charge in [-0.05, 0) is 37.0 Å². The van der Waals surface area contributed by atoms with Gasteiger partial charge in [-0.3, -0.25) is 4.79 Å². The maximum atomic E-state index is 13.5. The van der Waals surface area contributed by atoms with E-state index in [0.29, 0.717) is 10.2 Å². The highest BCUT2D eigenvalue weighted by Gasteiger charge is 2.40. The molecule has 2 aromatic carbocycles. The highest BCUT2D eigenvalue weighted by atomic mass is 35.5. The van der Waals surface area contributed by atoms with E-state index in [1.807, 2.05) is 64.2 Å². The molecule has 3 heterocycles. The number of carbonyl (C=O) groups excluding carboxylic acids is 1. The van der Waals surface area contributed by atoms with Gasteiger partial charge in [0.1, 0.15) is 5.25 Å². The van der Waals surface area contributed by atoms with Gasteiger partial charge < -0.3 is 10.3 Å². The van der Waals surface area contributed by atoms with Gasteiger partial charge in [0.15, 0.2) is 5.82 Å². The Hall–Kier alpha value is -2.51. The SMILES string of the molecule is O=C(C1Sc2nnc(-c3ccccc3)n2NC1c1ccc(Cl)cc1)N1CCCCC1. The molecule has 1 fully saturated rings. The maximum absolute atomic E-state index is 13.5. The first-order valence-electron chi connectivity index (χ1n) is 10.2. The van der Waals surface area contributed by atoms with Gasteiger partial charge in [0, 0.05) is 23.7 Å². The summed E-state index contributed by atoms with van der Waals surface area (Å²) < 4.78 is 1.90. The second-order valence-electron chi connectivity index (χ2n) is 7.59. The number of piperidine rings is 1. The summed E-state index contributed by atoms with van der Waals surface area (Å²) in [7, 11) is 0. The molecule has 1 saturated heterocycles. The molecule has 8 heteroatoms. The van der Waals surface area contributed by atoms with Crippen molar-refractivity contribution < 1.29 is 4.79 Å². The first-order chi connectivity index (χ1) is 14.7. The predicted molar refractivity (Wildman–Crippen MR) is 119 cm³/mol. The summed E-state index contributed by atoms with van der Waals surface area (Å²) in [6, 6.07) is 17.4. The molecule has 5 rings (SSSR count). The van der Waals surface area contributed by atoms with Crippen molar-refractivity contribution in [1.29, 1.82) is 0 Å². The molecule has 1 aromatic heterocycles. The zero-order valence-electron chi connectivity index (χ0n) is 16.4. The summed E-state index contributed by atoms with van der Waals surface area (Å²) in [6.45, 7) is 1.65. The molecule has 30 heavy (non-hydrogen) atoms. The summed E-state index contributed by atoms with van der Waals surface area (Å²) in [5, 5.41) is 9.84. The third kappa shape index (κ3) is 3.68. The van der Waals surface area contributed by atoms with E-state index in [1.165, 1.54) is 18.2 Å². The number of rotatable bonds is 3. The highest BCUT2D eigenvalue weighted by molar-refractivity contribution is 8.00. The minimum absolute atomic E-state index is 0.155. The maximum Gasteiger partial charge on any atom is 0.238 e. The molecule has 1 N–H and O–H groups in total. The van der Waals surface area contributed by atoms with Crippen LogP contribution < -0.4 is 5.43 Å². The van der Waals surface area contributed by atoms with Gasteiger partial charge in [-0.2, -0.15) is 0 Å². The second kappa shape index (κ2) is 8.32. The van der Waals surface area contributed by atoms with Crippen LogP contribution in [-0.4, -0.2) is 44.0 Å². The molecule has 2 aliphatic rings. The summed E-state index contributed by atoms with van der Waals surface area (Å²) in [5.74, 6) is 0.892. The molecule has 2 unspecified atom stereocenters. The topological polar surface area (TPSA) is 63.1 Å². The number of benzene rings is 2. The lowest BCUT2D eigenvalue weighted by Crippen LogP contribution is -2.47. The summed E-state index contributed by atoms with van der Waals surface area (Å²) in [5.41, 5.74) is 5.52. The van der Waals surface area contributed by atoms with Gasteiger partial charge in [0.25, 0.3) is 0 Å². The second-order valence-corrected chi connectivity index (χ2v) is 9.14. The number of halogens is 1. The number of aromatic nitrogens is 3. The largest absolute Gasteiger partial charge is 0.342 e. The number of amides is 1. The van der Waals surface area contributed by atoms with Gasteiger partial charge >= 0.3 is 0 Å². The number of hydrogen-bond donors (Lipinski definition) is 1. The molecule has 0 bridgehead atoms. The zero-order chi connectivity index (χ0) is 20.5. The molecule has 154 valence electrons. The van der Waals surface area contributed by atoms with Crippen LogP contribution in [0, 0.1) is 0 Å². The van der Waals surface area contributed by atoms with Crippen LogP contribution >= 0.6 is 23.4 Å². The van der Waals surface area contributed by atoms with E-state index >= 15 is 0 Å². The van der Waals surface area contributed by atoms with Crippen LogP contribution in [0.5, 0.6) is 0 Å². The zero-order valence-corrected chi connectivity index (χ0v) is 17.9. The molecule has 0 radical (unpaired) electrons. The molecular formula is C22H22ClN5OS. The van der Waals surface area contributed by atoms with Crippen LogP contribution in [0.1, 0.15) is 30.9 Å². The Kier molecular flexibility index (Phi) is 5.39. The van der Waals surface area contributed by atoms with Crippen molar-refractivity contribution in [3.63, 3.8) is 0 Å². The highest BCUT2D eigenvalue weighted by Crippen LogP contribution is 2.39. The number of nitrogens with zero attached hydrogens (tertiary/aromatic N) is 4. The Bertz CT molecular complexity index is 1030. The van der Waals surface area contributed by atoms with Crippen LogP contribution in [0.4, 0.5) is 0 Å². The van der Waals surface area contributed by atoms with Crippen LogP contribution in [0.3, 0.4) is 0 Å². The molecule has 2 atom stereocenters. The van der Waals surface area contributed by atoms with Crippen LogP contribution in [0.25, 0.3) is 11.4 Å². The first-order valence-corrected chi connectivity index (χ1v) is 11.4. The van der Waals surface area contributed by atoms with Crippen molar-refractivity contribution >= 4 is 29.3 Å². The fourth-order valence-corrected chi connectivity index (χ4v) is 5.32. The van der Waals surface area contributed by atoms with E-state index in [-0.39, 0.29) is 17.2 Å². The lowest BCUT2D eigenvalue weighted by molar-refractivity contribution is -0.131. The summed E-state index contributed by atoms with van der Waals surface area (Å²) in [6.07, 6.45) is 3.32. The van der Waals surface area contributed by atoms with Gasteiger partial charge in [-0.1, -0.05) is 65.8 Å². The molecule has 0 aliphatic carbocycles. The van der Waals surface area contributed by atoms with Crippen molar-refractivity contribution in [3.05, 3.63) is 65.2 Å². The number of thioether (sulfide) groups is 1. The smallest absolute Gasteiger partial charge is 0.238 e. The normalized spacial score (nSPS) is 21.0. The van der Waals surface area contributed by atoms with E-state index < -0.39 is 0 Å². The molecule has 6 nitrogen and oxygen atoms in total. The van der Waals surface area contributed by atoms with Crippen LogP contribution in [0.15, 0.2) is 59.8 Å². The fourth-order valence-electron chi connectivity index (χ4n) is 4.03. The third-order valence-electron chi connectivity index (χ3n) is 5.61. The Balaban J connectivity index is 1.53. The van der Waals surface area contributed by atoms with Crippen molar-refractivity contribution in [3.8, 4) is 11.4 Å². The number of nitrogens with one attached hydrogen (secondary N) is 1. The molecular weight excluding hydrogens is 418 g/mol. The van der Waals surface area contributed by atoms with E-state index in [0.717, 1.165) is 42.9 Å². The Morgan fingerprint density at radius 2 is 1.73 bits per heavy atom. The Labute approximate surface area is 184 Å². The lowest BCUT2D eigenvalue weighted by Gasteiger charge is -2.37.